The van der Waals surface area contributed by atoms with Crippen LogP contribution in [0.25, 0.3) is 0 Å². The molecule has 0 aliphatic rings. The molecule has 0 spiro atoms. The zero-order valence-corrected chi connectivity index (χ0v) is 14.3. The zero-order valence-electron chi connectivity index (χ0n) is 14.3. The maximum Gasteiger partial charge on any atom is 0.258 e. The number of nitrogens with one attached hydrogen (secondary N) is 1. The molecule has 0 saturated heterocycles. The van der Waals surface area contributed by atoms with E-state index in [2.05, 4.69) is 24.1 Å². The van der Waals surface area contributed by atoms with E-state index in [-0.39, 0.29) is 12.5 Å². The van der Waals surface area contributed by atoms with Crippen LogP contribution in [0.2, 0.25) is 0 Å². The molecule has 23 heavy (non-hydrogen) atoms. The summed E-state index contributed by atoms with van der Waals surface area (Å²) < 4.78 is 16.1. The second kappa shape index (κ2) is 11.7. The van der Waals surface area contributed by atoms with Gasteiger partial charge in [0.25, 0.3) is 5.91 Å². The molecule has 0 fully saturated rings. The Balaban J connectivity index is 2.11. The first-order chi connectivity index (χ1) is 11.2. The monoisotopic (exact) mass is 324 g/mol. The Morgan fingerprint density at radius 2 is 1.83 bits per heavy atom. The van der Waals surface area contributed by atoms with Crippen LogP contribution in [0.4, 0.5) is 0 Å². The van der Waals surface area contributed by atoms with Gasteiger partial charge in [-0.15, -0.1) is 0 Å². The minimum atomic E-state index is -0.178. The van der Waals surface area contributed by atoms with Gasteiger partial charge in [-0.25, -0.2) is 0 Å². The molecule has 0 saturated carbocycles. The molecule has 0 bridgehead atoms. The predicted molar refractivity (Wildman–Crippen MR) is 90.1 cm³/mol. The van der Waals surface area contributed by atoms with Crippen molar-refractivity contribution in [3.8, 4) is 11.5 Å². The summed E-state index contributed by atoms with van der Waals surface area (Å²) in [4.78, 5) is 14.0. The Bertz CT molecular complexity index is 450. The Kier molecular flexibility index (Phi) is 9.83. The number of nitrogens with zero attached hydrogens (tertiary/aromatic N) is 1. The van der Waals surface area contributed by atoms with Crippen LogP contribution >= 0.6 is 0 Å². The van der Waals surface area contributed by atoms with Crippen molar-refractivity contribution in [2.24, 2.45) is 0 Å². The molecule has 0 heterocycles. The van der Waals surface area contributed by atoms with Crippen LogP contribution in [-0.2, 0) is 9.53 Å². The summed E-state index contributed by atoms with van der Waals surface area (Å²) in [5, 5.41) is 2.76. The molecule has 0 atom stereocenters. The lowest BCUT2D eigenvalue weighted by molar-refractivity contribution is -0.123. The largest absolute Gasteiger partial charge is 0.493 e. The number of likely N-dealkylation sites (N-methyl/N-ethyl adjacent to an activating group) is 1. The van der Waals surface area contributed by atoms with Gasteiger partial charge in [-0.05, 0) is 25.2 Å². The summed E-state index contributed by atoms with van der Waals surface area (Å²) in [5.74, 6) is 0.990. The SMILES string of the molecule is CCN(CC)CCOCCNC(=O)COc1ccccc1OC. The number of amides is 1. The first-order valence-corrected chi connectivity index (χ1v) is 8.03. The standard InChI is InChI=1S/C17H28N2O4/c1-4-19(5-2)11-13-22-12-10-18-17(20)14-23-16-9-7-6-8-15(16)21-3/h6-9H,4-5,10-14H2,1-3H3,(H,18,20). The van der Waals surface area contributed by atoms with E-state index in [1.165, 1.54) is 0 Å². The predicted octanol–water partition coefficient (Wildman–Crippen LogP) is 1.55. The van der Waals surface area contributed by atoms with Crippen molar-refractivity contribution in [2.75, 3.05) is 53.1 Å². The molecule has 1 N–H and O–H groups in total. The molecular weight excluding hydrogens is 296 g/mol. The highest BCUT2D eigenvalue weighted by Crippen LogP contribution is 2.25. The van der Waals surface area contributed by atoms with Crippen molar-refractivity contribution in [3.63, 3.8) is 0 Å². The Morgan fingerprint density at radius 1 is 1.13 bits per heavy atom. The molecule has 130 valence electrons. The topological polar surface area (TPSA) is 60.0 Å². The van der Waals surface area contributed by atoms with Crippen molar-refractivity contribution < 1.29 is 19.0 Å². The van der Waals surface area contributed by atoms with Crippen molar-refractivity contribution in [3.05, 3.63) is 24.3 Å². The van der Waals surface area contributed by atoms with Crippen molar-refractivity contribution in [1.29, 1.82) is 0 Å². The summed E-state index contributed by atoms with van der Waals surface area (Å²) in [6.45, 7) is 8.84. The number of para-hydroxylation sites is 2. The number of hydrogen-bond acceptors (Lipinski definition) is 5. The van der Waals surface area contributed by atoms with E-state index >= 15 is 0 Å². The molecule has 6 heteroatoms. The quantitative estimate of drug-likeness (QED) is 0.591. The maximum absolute atomic E-state index is 11.7. The fraction of sp³-hybridized carbons (Fsp3) is 0.588. The number of methoxy groups -OCH3 is 1. The van der Waals surface area contributed by atoms with Gasteiger partial charge in [0.1, 0.15) is 0 Å². The molecule has 0 aliphatic carbocycles. The Labute approximate surface area is 138 Å². The first-order valence-electron chi connectivity index (χ1n) is 8.03. The van der Waals surface area contributed by atoms with E-state index < -0.39 is 0 Å². The van der Waals surface area contributed by atoms with Crippen molar-refractivity contribution in [2.45, 2.75) is 13.8 Å². The van der Waals surface area contributed by atoms with Crippen LogP contribution in [0.3, 0.4) is 0 Å². The highest BCUT2D eigenvalue weighted by molar-refractivity contribution is 5.77. The molecule has 6 nitrogen and oxygen atoms in total. The molecule has 0 radical (unpaired) electrons. The van der Waals surface area contributed by atoms with E-state index in [9.17, 15) is 4.79 Å². The molecule has 0 aliphatic heterocycles. The van der Waals surface area contributed by atoms with Gasteiger partial charge in [-0.3, -0.25) is 4.79 Å². The molecule has 1 aromatic carbocycles. The number of rotatable bonds is 12. The van der Waals surface area contributed by atoms with E-state index in [1.54, 1.807) is 19.2 Å². The van der Waals surface area contributed by atoms with E-state index in [4.69, 9.17) is 14.2 Å². The van der Waals surface area contributed by atoms with Crippen molar-refractivity contribution >= 4 is 5.91 Å². The van der Waals surface area contributed by atoms with Gasteiger partial charge in [0.15, 0.2) is 18.1 Å². The lowest BCUT2D eigenvalue weighted by Crippen LogP contribution is -2.32. The highest BCUT2D eigenvalue weighted by Gasteiger charge is 2.06. The number of hydrogen-bond donors (Lipinski definition) is 1. The minimum absolute atomic E-state index is 0.0418. The normalized spacial score (nSPS) is 10.6. The number of ether oxygens (including phenoxy) is 3. The van der Waals surface area contributed by atoms with Gasteiger partial charge in [-0.1, -0.05) is 26.0 Å². The van der Waals surface area contributed by atoms with Crippen LogP contribution in [-0.4, -0.2) is 63.9 Å². The zero-order chi connectivity index (χ0) is 16.9. The lowest BCUT2D eigenvalue weighted by Gasteiger charge is -2.17. The summed E-state index contributed by atoms with van der Waals surface area (Å²) in [6, 6.07) is 7.24. The van der Waals surface area contributed by atoms with Gasteiger partial charge in [-0.2, -0.15) is 0 Å². The Hall–Kier alpha value is -1.79. The first kappa shape index (κ1) is 19.3. The summed E-state index contributed by atoms with van der Waals surface area (Å²) in [7, 11) is 1.57. The van der Waals surface area contributed by atoms with Gasteiger partial charge >= 0.3 is 0 Å². The summed E-state index contributed by atoms with van der Waals surface area (Å²) in [6.07, 6.45) is 0. The molecular formula is C17H28N2O4. The summed E-state index contributed by atoms with van der Waals surface area (Å²) in [5.41, 5.74) is 0. The Morgan fingerprint density at radius 3 is 2.48 bits per heavy atom. The highest BCUT2D eigenvalue weighted by atomic mass is 16.5. The van der Waals surface area contributed by atoms with E-state index in [0.717, 1.165) is 19.6 Å². The fourth-order valence-corrected chi connectivity index (χ4v) is 2.03. The average molecular weight is 324 g/mol. The smallest absolute Gasteiger partial charge is 0.258 e. The third-order valence-electron chi connectivity index (χ3n) is 3.44. The molecule has 0 unspecified atom stereocenters. The van der Waals surface area contributed by atoms with Gasteiger partial charge in [0.2, 0.25) is 0 Å². The van der Waals surface area contributed by atoms with Crippen LogP contribution in [0, 0.1) is 0 Å². The second-order valence-electron chi connectivity index (χ2n) is 4.93. The molecule has 1 aromatic rings. The second-order valence-corrected chi connectivity index (χ2v) is 4.93. The molecule has 1 amide bonds. The summed E-state index contributed by atoms with van der Waals surface area (Å²) >= 11 is 0. The number of carbonyl (C=O) groups excluding carboxylic acids is 1. The lowest BCUT2D eigenvalue weighted by atomic mass is 10.3. The fourth-order valence-electron chi connectivity index (χ4n) is 2.03. The van der Waals surface area contributed by atoms with Crippen LogP contribution in [0.15, 0.2) is 24.3 Å². The van der Waals surface area contributed by atoms with Crippen LogP contribution < -0.4 is 14.8 Å². The molecule has 1 rings (SSSR count). The van der Waals surface area contributed by atoms with Crippen molar-refractivity contribution in [1.82, 2.24) is 10.2 Å². The maximum atomic E-state index is 11.7. The van der Waals surface area contributed by atoms with Gasteiger partial charge in [0, 0.05) is 13.1 Å². The molecule has 0 aromatic heterocycles. The third kappa shape index (κ3) is 7.85. The number of carbonyl (C=O) groups is 1. The average Bonchev–Trinajstić information content (AvgIpc) is 2.59. The van der Waals surface area contributed by atoms with Gasteiger partial charge in [0.05, 0.1) is 20.3 Å². The van der Waals surface area contributed by atoms with E-state index in [0.29, 0.717) is 31.3 Å². The van der Waals surface area contributed by atoms with Crippen LogP contribution in [0.5, 0.6) is 11.5 Å². The van der Waals surface area contributed by atoms with Gasteiger partial charge < -0.3 is 24.4 Å². The third-order valence-corrected chi connectivity index (χ3v) is 3.44. The number of benzene rings is 1. The minimum Gasteiger partial charge on any atom is -0.493 e. The van der Waals surface area contributed by atoms with Crippen LogP contribution in [0.1, 0.15) is 13.8 Å². The van der Waals surface area contributed by atoms with E-state index in [1.807, 2.05) is 12.1 Å².